The molecule has 5 unspecified atom stereocenters. The van der Waals surface area contributed by atoms with Crippen LogP contribution in [0.5, 0.6) is 0 Å². The maximum Gasteiger partial charge on any atom is 0.0519 e. The maximum atomic E-state index is 5.83. The lowest BCUT2D eigenvalue weighted by atomic mass is 9.84. The van der Waals surface area contributed by atoms with Crippen molar-refractivity contribution >= 4 is 0 Å². The zero-order chi connectivity index (χ0) is 10.7. The second-order valence-corrected chi connectivity index (χ2v) is 5.23. The van der Waals surface area contributed by atoms with Crippen molar-refractivity contribution in [2.45, 2.75) is 59.2 Å². The van der Waals surface area contributed by atoms with Crippen LogP contribution in [0.25, 0.3) is 0 Å². The van der Waals surface area contributed by atoms with Gasteiger partial charge in [0, 0.05) is 6.04 Å². The number of hydrogen-bond donors (Lipinski definition) is 2. The van der Waals surface area contributed by atoms with Crippen molar-refractivity contribution in [2.75, 3.05) is 0 Å². The number of nitrogens with two attached hydrogens (primary N) is 1. The molecule has 0 amide bonds. The zero-order valence-corrected chi connectivity index (χ0v) is 10.1. The van der Waals surface area contributed by atoms with Crippen LogP contribution < -0.4 is 11.1 Å². The topological polar surface area (TPSA) is 38.0 Å². The first-order valence-electron chi connectivity index (χ1n) is 6.04. The molecule has 0 bridgehead atoms. The molecule has 5 atom stereocenters. The van der Waals surface area contributed by atoms with Gasteiger partial charge in [0.05, 0.1) is 6.17 Å². The molecule has 0 aliphatic heterocycles. The smallest absolute Gasteiger partial charge is 0.0519 e. The predicted octanol–water partition coefficient (Wildman–Crippen LogP) is 2.34. The third-order valence-electron chi connectivity index (χ3n) is 3.85. The highest BCUT2D eigenvalue weighted by molar-refractivity contribution is 4.85. The van der Waals surface area contributed by atoms with E-state index in [4.69, 9.17) is 5.73 Å². The summed E-state index contributed by atoms with van der Waals surface area (Å²) in [6, 6.07) is 0.604. The molecule has 1 rings (SSSR count). The molecule has 1 saturated carbocycles. The zero-order valence-electron chi connectivity index (χ0n) is 10.1. The highest BCUT2D eigenvalue weighted by atomic mass is 15.0. The summed E-state index contributed by atoms with van der Waals surface area (Å²) < 4.78 is 0. The largest absolute Gasteiger partial charge is 0.316 e. The fraction of sp³-hybridized carbons (Fsp3) is 1.00. The van der Waals surface area contributed by atoms with E-state index in [1.807, 2.05) is 6.92 Å². The summed E-state index contributed by atoms with van der Waals surface area (Å²) in [4.78, 5) is 0. The van der Waals surface area contributed by atoms with Gasteiger partial charge >= 0.3 is 0 Å². The van der Waals surface area contributed by atoms with E-state index in [2.05, 4.69) is 26.1 Å². The second-order valence-electron chi connectivity index (χ2n) is 5.23. The summed E-state index contributed by atoms with van der Waals surface area (Å²) >= 11 is 0. The Morgan fingerprint density at radius 2 is 1.71 bits per heavy atom. The van der Waals surface area contributed by atoms with E-state index in [0.717, 1.165) is 17.8 Å². The summed E-state index contributed by atoms with van der Waals surface area (Å²) in [5, 5.41) is 3.53. The lowest BCUT2D eigenvalue weighted by Crippen LogP contribution is -2.49. The predicted molar refractivity (Wildman–Crippen MR) is 61.9 cm³/mol. The molecule has 0 aromatic heterocycles. The second kappa shape index (κ2) is 5.13. The van der Waals surface area contributed by atoms with Crippen LogP contribution >= 0.6 is 0 Å². The van der Waals surface area contributed by atoms with E-state index in [1.165, 1.54) is 19.3 Å². The minimum absolute atomic E-state index is 0.121. The van der Waals surface area contributed by atoms with Crippen LogP contribution in [0.1, 0.15) is 47.0 Å². The summed E-state index contributed by atoms with van der Waals surface area (Å²) in [5.41, 5.74) is 5.83. The molecular formula is C12H26N2. The van der Waals surface area contributed by atoms with E-state index < -0.39 is 0 Å². The normalized spacial score (nSPS) is 41.8. The van der Waals surface area contributed by atoms with Crippen molar-refractivity contribution in [3.05, 3.63) is 0 Å². The van der Waals surface area contributed by atoms with Crippen LogP contribution in [0.15, 0.2) is 0 Å². The third kappa shape index (κ3) is 2.96. The van der Waals surface area contributed by atoms with E-state index in [1.54, 1.807) is 0 Å². The van der Waals surface area contributed by atoms with Gasteiger partial charge in [0.15, 0.2) is 0 Å². The van der Waals surface area contributed by atoms with E-state index >= 15 is 0 Å². The quantitative estimate of drug-likeness (QED) is 0.528. The molecule has 1 aliphatic carbocycles. The van der Waals surface area contributed by atoms with Crippen LogP contribution in [-0.2, 0) is 0 Å². The Bertz CT molecular complexity index is 168. The van der Waals surface area contributed by atoms with Crippen LogP contribution in [0.2, 0.25) is 0 Å². The summed E-state index contributed by atoms with van der Waals surface area (Å²) in [6.45, 7) is 9.13. The molecule has 0 aromatic carbocycles. The number of nitrogens with one attached hydrogen (secondary N) is 1. The van der Waals surface area contributed by atoms with Gasteiger partial charge in [-0.1, -0.05) is 33.6 Å². The minimum atomic E-state index is 0.121. The summed E-state index contributed by atoms with van der Waals surface area (Å²) in [5.74, 6) is 2.34. The molecule has 3 N–H and O–H groups in total. The molecule has 2 nitrogen and oxygen atoms in total. The van der Waals surface area contributed by atoms with Crippen molar-refractivity contribution in [3.63, 3.8) is 0 Å². The maximum absolute atomic E-state index is 5.83. The van der Waals surface area contributed by atoms with Crippen molar-refractivity contribution in [1.82, 2.24) is 5.32 Å². The molecule has 1 aliphatic rings. The Morgan fingerprint density at radius 1 is 1.14 bits per heavy atom. The van der Waals surface area contributed by atoms with Gasteiger partial charge < -0.3 is 5.73 Å². The first-order chi connectivity index (χ1) is 6.52. The molecule has 14 heavy (non-hydrogen) atoms. The molecule has 1 fully saturated rings. The lowest BCUT2D eigenvalue weighted by molar-refractivity contribution is 0.228. The minimum Gasteiger partial charge on any atom is -0.316 e. The van der Waals surface area contributed by atoms with E-state index in [0.29, 0.717) is 6.04 Å². The first-order valence-corrected chi connectivity index (χ1v) is 6.04. The Hall–Kier alpha value is -0.0800. The number of rotatable bonds is 2. The van der Waals surface area contributed by atoms with Gasteiger partial charge in [0.2, 0.25) is 0 Å². The Balaban J connectivity index is 2.64. The summed E-state index contributed by atoms with van der Waals surface area (Å²) in [7, 11) is 0. The van der Waals surface area contributed by atoms with Gasteiger partial charge in [-0.05, 0) is 31.1 Å². The molecule has 84 valence electrons. The van der Waals surface area contributed by atoms with Crippen LogP contribution in [-0.4, -0.2) is 12.2 Å². The highest BCUT2D eigenvalue weighted by Gasteiger charge is 2.30. The Labute approximate surface area is 88.6 Å². The SMILES string of the molecule is CC(N)NC1C(C)CCCC(C)C1C. The van der Waals surface area contributed by atoms with Gasteiger partial charge in [0.25, 0.3) is 0 Å². The van der Waals surface area contributed by atoms with Gasteiger partial charge in [-0.25, -0.2) is 0 Å². The van der Waals surface area contributed by atoms with Crippen LogP contribution in [0.3, 0.4) is 0 Å². The molecule has 0 radical (unpaired) electrons. The van der Waals surface area contributed by atoms with E-state index in [9.17, 15) is 0 Å². The standard InChI is InChI=1S/C12H26N2/c1-8-6-5-7-9(2)12(10(8)3)14-11(4)13/h8-12,14H,5-7,13H2,1-4H3. The van der Waals surface area contributed by atoms with Crippen molar-refractivity contribution in [3.8, 4) is 0 Å². The van der Waals surface area contributed by atoms with Crippen molar-refractivity contribution in [2.24, 2.45) is 23.5 Å². The summed E-state index contributed by atoms with van der Waals surface area (Å²) in [6.07, 6.45) is 4.22. The monoisotopic (exact) mass is 198 g/mol. The first kappa shape index (κ1) is 12.0. The van der Waals surface area contributed by atoms with Gasteiger partial charge in [-0.3, -0.25) is 5.32 Å². The van der Waals surface area contributed by atoms with Gasteiger partial charge in [-0.15, -0.1) is 0 Å². The molecular weight excluding hydrogens is 172 g/mol. The van der Waals surface area contributed by atoms with Gasteiger partial charge in [0.1, 0.15) is 0 Å². The fourth-order valence-corrected chi connectivity index (χ4v) is 2.70. The van der Waals surface area contributed by atoms with Crippen molar-refractivity contribution in [1.29, 1.82) is 0 Å². The van der Waals surface area contributed by atoms with E-state index in [-0.39, 0.29) is 6.17 Å². The highest BCUT2D eigenvalue weighted by Crippen LogP contribution is 2.31. The molecule has 0 aromatic rings. The number of hydrogen-bond acceptors (Lipinski definition) is 2. The van der Waals surface area contributed by atoms with Crippen LogP contribution in [0, 0.1) is 17.8 Å². The van der Waals surface area contributed by atoms with Crippen molar-refractivity contribution < 1.29 is 0 Å². The van der Waals surface area contributed by atoms with Gasteiger partial charge in [-0.2, -0.15) is 0 Å². The average molecular weight is 198 g/mol. The van der Waals surface area contributed by atoms with Crippen LogP contribution in [0.4, 0.5) is 0 Å². The lowest BCUT2D eigenvalue weighted by Gasteiger charge is -2.32. The molecule has 0 saturated heterocycles. The Kier molecular flexibility index (Phi) is 4.39. The average Bonchev–Trinajstić information content (AvgIpc) is 2.20. The fourth-order valence-electron chi connectivity index (χ4n) is 2.70. The molecule has 2 heteroatoms. The molecule has 0 heterocycles. The molecule has 0 spiro atoms. The Morgan fingerprint density at radius 3 is 2.29 bits per heavy atom. The third-order valence-corrected chi connectivity index (χ3v) is 3.85.